The monoisotopic (exact) mass is 330 g/mol. The van der Waals surface area contributed by atoms with Crippen molar-refractivity contribution in [3.05, 3.63) is 36.4 Å². The zero-order chi connectivity index (χ0) is 17.7. The van der Waals surface area contributed by atoms with Gasteiger partial charge in [0.05, 0.1) is 26.4 Å². The van der Waals surface area contributed by atoms with E-state index in [0.717, 1.165) is 22.6 Å². The summed E-state index contributed by atoms with van der Waals surface area (Å²) in [6.07, 6.45) is 0.189. The van der Waals surface area contributed by atoms with Crippen molar-refractivity contribution in [1.82, 2.24) is 0 Å². The van der Waals surface area contributed by atoms with E-state index in [-0.39, 0.29) is 12.2 Å². The molecule has 24 heavy (non-hydrogen) atoms. The quantitative estimate of drug-likeness (QED) is 0.720. The van der Waals surface area contributed by atoms with E-state index in [0.29, 0.717) is 11.5 Å². The molecule has 2 rings (SSSR count). The Kier molecular flexibility index (Phi) is 5.96. The molecule has 0 aliphatic rings. The molecular weight excluding hydrogens is 304 g/mol. The Bertz CT molecular complexity index is 618. The maximum atomic E-state index is 5.77. The van der Waals surface area contributed by atoms with Crippen molar-refractivity contribution in [3.63, 3.8) is 0 Å². The van der Waals surface area contributed by atoms with Crippen molar-refractivity contribution < 1.29 is 18.9 Å². The average Bonchev–Trinajstić information content (AvgIpc) is 2.54. The highest BCUT2D eigenvalue weighted by Gasteiger charge is 2.12. The second kappa shape index (κ2) is 7.95. The van der Waals surface area contributed by atoms with E-state index in [1.165, 1.54) is 0 Å². The van der Waals surface area contributed by atoms with Crippen LogP contribution in [0.15, 0.2) is 36.4 Å². The summed E-state index contributed by atoms with van der Waals surface area (Å²) >= 11 is 0. The molecule has 130 valence electrons. The summed E-state index contributed by atoms with van der Waals surface area (Å²) in [5, 5.41) is 0. The Morgan fingerprint density at radius 3 is 1.25 bits per heavy atom. The van der Waals surface area contributed by atoms with Crippen molar-refractivity contribution in [2.24, 2.45) is 0 Å². The maximum absolute atomic E-state index is 5.77. The van der Waals surface area contributed by atoms with E-state index >= 15 is 0 Å². The van der Waals surface area contributed by atoms with Gasteiger partial charge in [0.2, 0.25) is 0 Å². The third kappa shape index (κ3) is 4.34. The van der Waals surface area contributed by atoms with Crippen LogP contribution in [0.2, 0.25) is 0 Å². The Morgan fingerprint density at radius 1 is 0.583 bits per heavy atom. The van der Waals surface area contributed by atoms with Gasteiger partial charge in [-0.2, -0.15) is 0 Å². The molecule has 4 heteroatoms. The lowest BCUT2D eigenvalue weighted by molar-refractivity contribution is 0.230. The van der Waals surface area contributed by atoms with Crippen molar-refractivity contribution in [3.8, 4) is 34.1 Å². The number of benzene rings is 2. The average molecular weight is 330 g/mol. The molecule has 0 saturated carbocycles. The summed E-state index contributed by atoms with van der Waals surface area (Å²) in [5.41, 5.74) is 2.05. The van der Waals surface area contributed by atoms with Crippen molar-refractivity contribution >= 4 is 0 Å². The minimum atomic E-state index is 0.0947. The molecule has 4 nitrogen and oxygen atoms in total. The van der Waals surface area contributed by atoms with Crippen molar-refractivity contribution in [2.75, 3.05) is 14.2 Å². The molecule has 0 amide bonds. The van der Waals surface area contributed by atoms with Gasteiger partial charge < -0.3 is 18.9 Å². The number of hydrogen-bond acceptors (Lipinski definition) is 4. The number of ether oxygens (including phenoxy) is 4. The minimum absolute atomic E-state index is 0.0947. The molecular formula is C20H26O4. The summed E-state index contributed by atoms with van der Waals surface area (Å²) in [4.78, 5) is 0. The topological polar surface area (TPSA) is 36.9 Å². The van der Waals surface area contributed by atoms with E-state index in [2.05, 4.69) is 0 Å². The van der Waals surface area contributed by atoms with Crippen LogP contribution < -0.4 is 18.9 Å². The first-order chi connectivity index (χ1) is 11.4. The van der Waals surface area contributed by atoms with Gasteiger partial charge in [-0.05, 0) is 63.1 Å². The van der Waals surface area contributed by atoms with Gasteiger partial charge in [0, 0.05) is 0 Å². The zero-order valence-electron chi connectivity index (χ0n) is 15.3. The first-order valence-corrected chi connectivity index (χ1v) is 8.14. The number of hydrogen-bond donors (Lipinski definition) is 0. The lowest BCUT2D eigenvalue weighted by atomic mass is 10.0. The minimum Gasteiger partial charge on any atom is -0.493 e. The van der Waals surface area contributed by atoms with E-state index in [9.17, 15) is 0 Å². The molecule has 0 N–H and O–H groups in total. The summed E-state index contributed by atoms with van der Waals surface area (Å²) < 4.78 is 22.5. The Hall–Kier alpha value is -2.36. The van der Waals surface area contributed by atoms with Crippen LogP contribution in [-0.2, 0) is 0 Å². The molecule has 0 fully saturated rings. The highest BCUT2D eigenvalue weighted by molar-refractivity contribution is 5.70. The van der Waals surface area contributed by atoms with E-state index in [4.69, 9.17) is 18.9 Å². The third-order valence-electron chi connectivity index (χ3n) is 3.39. The number of rotatable bonds is 7. The van der Waals surface area contributed by atoms with Crippen molar-refractivity contribution in [2.45, 2.75) is 39.9 Å². The summed E-state index contributed by atoms with van der Waals surface area (Å²) in [6, 6.07) is 11.8. The Balaban J connectivity index is 2.37. The highest BCUT2D eigenvalue weighted by atomic mass is 16.5. The molecule has 0 heterocycles. The SMILES string of the molecule is COc1cc(-c2ccc(OC(C)C)c(OC)c2)ccc1OC(C)C. The largest absolute Gasteiger partial charge is 0.493 e. The molecule has 0 aliphatic heterocycles. The van der Waals surface area contributed by atoms with Gasteiger partial charge in [-0.25, -0.2) is 0 Å². The van der Waals surface area contributed by atoms with Crippen molar-refractivity contribution in [1.29, 1.82) is 0 Å². The molecule has 0 saturated heterocycles. The summed E-state index contributed by atoms with van der Waals surface area (Å²) in [6.45, 7) is 7.97. The van der Waals surface area contributed by atoms with Gasteiger partial charge in [-0.3, -0.25) is 0 Å². The molecule has 0 aliphatic carbocycles. The fourth-order valence-electron chi connectivity index (χ4n) is 2.40. The molecule has 2 aromatic carbocycles. The summed E-state index contributed by atoms with van der Waals surface area (Å²) in [5.74, 6) is 2.90. The van der Waals surface area contributed by atoms with Gasteiger partial charge in [0.1, 0.15) is 0 Å². The lowest BCUT2D eigenvalue weighted by Gasteiger charge is -2.16. The fraction of sp³-hybridized carbons (Fsp3) is 0.400. The van der Waals surface area contributed by atoms with Gasteiger partial charge in [-0.15, -0.1) is 0 Å². The number of methoxy groups -OCH3 is 2. The zero-order valence-corrected chi connectivity index (χ0v) is 15.3. The lowest BCUT2D eigenvalue weighted by Crippen LogP contribution is -2.07. The Morgan fingerprint density at radius 2 is 0.958 bits per heavy atom. The molecule has 0 aromatic heterocycles. The van der Waals surface area contributed by atoms with Crippen LogP contribution in [-0.4, -0.2) is 26.4 Å². The highest BCUT2D eigenvalue weighted by Crippen LogP contribution is 2.37. The first-order valence-electron chi connectivity index (χ1n) is 8.14. The maximum Gasteiger partial charge on any atom is 0.161 e. The van der Waals surface area contributed by atoms with E-state index in [1.54, 1.807) is 14.2 Å². The van der Waals surface area contributed by atoms with Crippen LogP contribution in [0.25, 0.3) is 11.1 Å². The van der Waals surface area contributed by atoms with Gasteiger partial charge in [0.25, 0.3) is 0 Å². The van der Waals surface area contributed by atoms with Crippen LogP contribution in [0.3, 0.4) is 0 Å². The normalized spacial score (nSPS) is 10.8. The molecule has 0 spiro atoms. The first kappa shape index (κ1) is 18.0. The second-order valence-corrected chi connectivity index (χ2v) is 6.06. The predicted octanol–water partition coefficient (Wildman–Crippen LogP) is 4.95. The van der Waals surface area contributed by atoms with Crippen LogP contribution in [0, 0.1) is 0 Å². The van der Waals surface area contributed by atoms with Gasteiger partial charge >= 0.3 is 0 Å². The fourth-order valence-corrected chi connectivity index (χ4v) is 2.40. The van der Waals surface area contributed by atoms with Crippen LogP contribution in [0.4, 0.5) is 0 Å². The molecule has 0 radical (unpaired) electrons. The molecule has 0 bridgehead atoms. The summed E-state index contributed by atoms with van der Waals surface area (Å²) in [7, 11) is 3.29. The van der Waals surface area contributed by atoms with E-state index in [1.807, 2.05) is 64.1 Å². The standard InChI is InChI=1S/C20H26O4/c1-13(2)23-17-9-7-15(11-19(17)21-5)16-8-10-18(24-14(3)4)20(12-16)22-6/h7-14H,1-6H3. The van der Waals surface area contributed by atoms with E-state index < -0.39 is 0 Å². The Labute approximate surface area is 144 Å². The predicted molar refractivity (Wildman–Crippen MR) is 96.5 cm³/mol. The molecule has 2 aromatic rings. The smallest absolute Gasteiger partial charge is 0.161 e. The van der Waals surface area contributed by atoms with Crippen LogP contribution in [0.5, 0.6) is 23.0 Å². The van der Waals surface area contributed by atoms with Crippen LogP contribution in [0.1, 0.15) is 27.7 Å². The van der Waals surface area contributed by atoms with Crippen LogP contribution >= 0.6 is 0 Å². The second-order valence-electron chi connectivity index (χ2n) is 6.06. The van der Waals surface area contributed by atoms with Gasteiger partial charge in [0.15, 0.2) is 23.0 Å². The third-order valence-corrected chi connectivity index (χ3v) is 3.39. The molecule has 0 unspecified atom stereocenters. The van der Waals surface area contributed by atoms with Gasteiger partial charge in [-0.1, -0.05) is 12.1 Å². The molecule has 0 atom stereocenters.